The van der Waals surface area contributed by atoms with Gasteiger partial charge in [0.05, 0.1) is 6.61 Å². The standard InChI is InChI=1S/C14H26N2O4/c1-4-7-14(12(17)18)8-6-9-16(14)13(19)15(5-2)10-11-20-3/h4-11H2,1-3H3,(H,17,18). The molecule has 6 nitrogen and oxygen atoms in total. The molecule has 0 aromatic rings. The lowest BCUT2D eigenvalue weighted by molar-refractivity contribution is -0.148. The molecule has 116 valence electrons. The number of hydrogen-bond donors (Lipinski definition) is 1. The second-order valence-corrected chi connectivity index (χ2v) is 5.20. The average Bonchev–Trinajstić information content (AvgIpc) is 2.85. The Morgan fingerprint density at radius 3 is 2.60 bits per heavy atom. The first kappa shape index (κ1) is 16.8. The van der Waals surface area contributed by atoms with Gasteiger partial charge in [-0.3, -0.25) is 0 Å². The van der Waals surface area contributed by atoms with Crippen LogP contribution in [0.15, 0.2) is 0 Å². The highest BCUT2D eigenvalue weighted by Gasteiger charge is 2.49. The fourth-order valence-corrected chi connectivity index (χ4v) is 2.92. The number of methoxy groups -OCH3 is 1. The molecular formula is C14H26N2O4. The van der Waals surface area contributed by atoms with Crippen molar-refractivity contribution in [2.24, 2.45) is 0 Å². The second-order valence-electron chi connectivity index (χ2n) is 5.20. The molecule has 1 unspecified atom stereocenters. The highest BCUT2D eigenvalue weighted by molar-refractivity contribution is 5.87. The molecule has 1 N–H and O–H groups in total. The van der Waals surface area contributed by atoms with Crippen molar-refractivity contribution in [3.8, 4) is 0 Å². The summed E-state index contributed by atoms with van der Waals surface area (Å²) in [6.07, 6.45) is 2.56. The van der Waals surface area contributed by atoms with Crippen molar-refractivity contribution in [2.45, 2.75) is 45.1 Å². The zero-order valence-corrected chi connectivity index (χ0v) is 12.7. The zero-order chi connectivity index (χ0) is 15.2. The van der Waals surface area contributed by atoms with Gasteiger partial charge in [-0.05, 0) is 26.2 Å². The van der Waals surface area contributed by atoms with Gasteiger partial charge in [-0.15, -0.1) is 0 Å². The van der Waals surface area contributed by atoms with Crippen LogP contribution in [0.5, 0.6) is 0 Å². The number of carbonyl (C=O) groups excluding carboxylic acids is 1. The Bertz CT molecular complexity index is 348. The van der Waals surface area contributed by atoms with Crippen molar-refractivity contribution in [3.63, 3.8) is 0 Å². The third-order valence-electron chi connectivity index (χ3n) is 4.00. The Balaban J connectivity index is 2.90. The van der Waals surface area contributed by atoms with Gasteiger partial charge in [0, 0.05) is 26.7 Å². The van der Waals surface area contributed by atoms with Crippen molar-refractivity contribution in [2.75, 3.05) is 33.4 Å². The van der Waals surface area contributed by atoms with Gasteiger partial charge < -0.3 is 19.6 Å². The molecule has 0 bridgehead atoms. The quantitative estimate of drug-likeness (QED) is 0.774. The molecule has 1 rings (SSSR count). The van der Waals surface area contributed by atoms with Gasteiger partial charge in [-0.25, -0.2) is 9.59 Å². The van der Waals surface area contributed by atoms with Gasteiger partial charge in [-0.1, -0.05) is 13.3 Å². The lowest BCUT2D eigenvalue weighted by Crippen LogP contribution is -2.57. The van der Waals surface area contributed by atoms with Crippen LogP contribution < -0.4 is 0 Å². The molecule has 1 atom stereocenters. The van der Waals surface area contributed by atoms with Crippen molar-refractivity contribution >= 4 is 12.0 Å². The molecule has 6 heteroatoms. The Morgan fingerprint density at radius 2 is 2.10 bits per heavy atom. The first-order valence-corrected chi connectivity index (χ1v) is 7.32. The predicted molar refractivity (Wildman–Crippen MR) is 75.7 cm³/mol. The van der Waals surface area contributed by atoms with Gasteiger partial charge in [-0.2, -0.15) is 0 Å². The van der Waals surface area contributed by atoms with Crippen LogP contribution in [0.4, 0.5) is 4.79 Å². The Kier molecular flexibility index (Phi) is 6.26. The van der Waals surface area contributed by atoms with E-state index < -0.39 is 11.5 Å². The van der Waals surface area contributed by atoms with Crippen LogP contribution in [-0.4, -0.2) is 65.8 Å². The molecule has 0 saturated carbocycles. The first-order chi connectivity index (χ1) is 9.53. The van der Waals surface area contributed by atoms with Gasteiger partial charge in [0.1, 0.15) is 5.54 Å². The molecule has 0 radical (unpaired) electrons. The van der Waals surface area contributed by atoms with Crippen LogP contribution in [-0.2, 0) is 9.53 Å². The summed E-state index contributed by atoms with van der Waals surface area (Å²) < 4.78 is 5.01. The smallest absolute Gasteiger partial charge is 0.329 e. The number of nitrogens with zero attached hydrogens (tertiary/aromatic N) is 2. The summed E-state index contributed by atoms with van der Waals surface area (Å²) in [5.41, 5.74) is -1.02. The summed E-state index contributed by atoms with van der Waals surface area (Å²) in [4.78, 5) is 27.5. The summed E-state index contributed by atoms with van der Waals surface area (Å²) >= 11 is 0. The molecule has 0 aromatic heterocycles. The molecule has 0 aliphatic carbocycles. The maximum Gasteiger partial charge on any atom is 0.329 e. The van der Waals surface area contributed by atoms with E-state index in [4.69, 9.17) is 4.74 Å². The first-order valence-electron chi connectivity index (χ1n) is 7.32. The number of amides is 2. The Labute approximate surface area is 120 Å². The summed E-state index contributed by atoms with van der Waals surface area (Å²) in [6, 6.07) is -0.182. The van der Waals surface area contributed by atoms with Crippen LogP contribution in [0.25, 0.3) is 0 Å². The Hall–Kier alpha value is -1.30. The molecule has 0 aromatic carbocycles. The predicted octanol–water partition coefficient (Wildman–Crippen LogP) is 1.79. The highest BCUT2D eigenvalue weighted by atomic mass is 16.5. The van der Waals surface area contributed by atoms with Gasteiger partial charge in [0.15, 0.2) is 0 Å². The molecule has 1 aliphatic heterocycles. The summed E-state index contributed by atoms with van der Waals surface area (Å²) in [6.45, 7) is 5.88. The third-order valence-corrected chi connectivity index (χ3v) is 4.00. The summed E-state index contributed by atoms with van der Waals surface area (Å²) in [5.74, 6) is -0.881. The third kappa shape index (κ3) is 3.23. The summed E-state index contributed by atoms with van der Waals surface area (Å²) in [7, 11) is 1.59. The number of carboxylic acid groups (broad SMARTS) is 1. The number of carbonyl (C=O) groups is 2. The van der Waals surface area contributed by atoms with Crippen molar-refractivity contribution in [1.29, 1.82) is 0 Å². The lowest BCUT2D eigenvalue weighted by atomic mass is 9.91. The van der Waals surface area contributed by atoms with E-state index in [9.17, 15) is 14.7 Å². The van der Waals surface area contributed by atoms with Crippen LogP contribution in [0, 0.1) is 0 Å². The monoisotopic (exact) mass is 286 g/mol. The zero-order valence-electron chi connectivity index (χ0n) is 12.7. The second kappa shape index (κ2) is 7.47. The number of rotatable bonds is 7. The molecule has 2 amide bonds. The van der Waals surface area contributed by atoms with E-state index >= 15 is 0 Å². The number of hydrogen-bond acceptors (Lipinski definition) is 3. The van der Waals surface area contributed by atoms with Crippen LogP contribution >= 0.6 is 0 Å². The average molecular weight is 286 g/mol. The molecule has 1 heterocycles. The van der Waals surface area contributed by atoms with E-state index in [1.54, 1.807) is 16.9 Å². The van der Waals surface area contributed by atoms with Crippen molar-refractivity contribution in [3.05, 3.63) is 0 Å². The van der Waals surface area contributed by atoms with E-state index in [2.05, 4.69) is 0 Å². The number of aliphatic carboxylic acids is 1. The largest absolute Gasteiger partial charge is 0.479 e. The minimum absolute atomic E-state index is 0.182. The fraction of sp³-hybridized carbons (Fsp3) is 0.857. The van der Waals surface area contributed by atoms with Gasteiger partial charge in [0.2, 0.25) is 0 Å². The molecule has 0 spiro atoms. The number of likely N-dealkylation sites (N-methyl/N-ethyl adjacent to an activating group) is 1. The number of ether oxygens (including phenoxy) is 1. The topological polar surface area (TPSA) is 70.1 Å². The minimum atomic E-state index is -1.02. The minimum Gasteiger partial charge on any atom is -0.479 e. The van der Waals surface area contributed by atoms with Crippen molar-refractivity contribution in [1.82, 2.24) is 9.80 Å². The van der Waals surface area contributed by atoms with E-state index in [-0.39, 0.29) is 6.03 Å². The van der Waals surface area contributed by atoms with E-state index in [1.165, 1.54) is 0 Å². The molecule has 20 heavy (non-hydrogen) atoms. The normalized spacial score (nSPS) is 22.1. The van der Waals surface area contributed by atoms with Crippen molar-refractivity contribution < 1.29 is 19.4 Å². The Morgan fingerprint density at radius 1 is 1.40 bits per heavy atom. The SMILES string of the molecule is CCCC1(C(=O)O)CCCN1C(=O)N(CC)CCOC. The fourth-order valence-electron chi connectivity index (χ4n) is 2.92. The maximum atomic E-state index is 12.6. The van der Waals surface area contributed by atoms with E-state index in [0.717, 1.165) is 12.8 Å². The van der Waals surface area contributed by atoms with Crippen LogP contribution in [0.2, 0.25) is 0 Å². The number of likely N-dealkylation sites (tertiary alicyclic amines) is 1. The molecular weight excluding hydrogens is 260 g/mol. The lowest BCUT2D eigenvalue weighted by Gasteiger charge is -2.37. The van der Waals surface area contributed by atoms with Crippen LogP contribution in [0.1, 0.15) is 39.5 Å². The summed E-state index contributed by atoms with van der Waals surface area (Å²) in [5, 5.41) is 9.61. The van der Waals surface area contributed by atoms with E-state index in [1.807, 2.05) is 13.8 Å². The number of urea groups is 1. The van der Waals surface area contributed by atoms with Gasteiger partial charge in [0.25, 0.3) is 0 Å². The van der Waals surface area contributed by atoms with Gasteiger partial charge >= 0.3 is 12.0 Å². The van der Waals surface area contributed by atoms with Crippen LogP contribution in [0.3, 0.4) is 0 Å². The maximum absolute atomic E-state index is 12.6. The molecule has 1 saturated heterocycles. The molecule has 1 aliphatic rings. The molecule has 1 fully saturated rings. The van der Waals surface area contributed by atoms with E-state index in [0.29, 0.717) is 39.1 Å². The number of carboxylic acids is 1. The highest BCUT2D eigenvalue weighted by Crippen LogP contribution is 2.34.